The van der Waals surface area contributed by atoms with Crippen molar-refractivity contribution in [3.63, 3.8) is 0 Å². The standard InChI is InChI=1S/C16H12Cl2O4/c17-15(19)21-13-7-3-11(4-8-13)1-2-12-5-9-14(10-6-12)22-16(18)20/h3-10H,1-2H2. The van der Waals surface area contributed by atoms with Crippen molar-refractivity contribution in [1.82, 2.24) is 0 Å². The lowest BCUT2D eigenvalue weighted by molar-refractivity contribution is 0.224. The van der Waals surface area contributed by atoms with Gasteiger partial charge >= 0.3 is 10.9 Å². The minimum Gasteiger partial charge on any atom is -0.415 e. The average molecular weight is 339 g/mol. The SMILES string of the molecule is O=C(Cl)Oc1ccc(CCc2ccc(OC(=O)Cl)cc2)cc1. The normalized spacial score (nSPS) is 10.1. The molecule has 0 aliphatic carbocycles. The van der Waals surface area contributed by atoms with Gasteiger partial charge in [-0.05, 0) is 48.2 Å². The zero-order chi connectivity index (χ0) is 15.9. The van der Waals surface area contributed by atoms with Crippen LogP contribution >= 0.6 is 23.2 Å². The van der Waals surface area contributed by atoms with E-state index < -0.39 is 10.9 Å². The first kappa shape index (κ1) is 16.3. The van der Waals surface area contributed by atoms with Crippen LogP contribution in [0.2, 0.25) is 0 Å². The van der Waals surface area contributed by atoms with E-state index in [9.17, 15) is 9.59 Å². The summed E-state index contributed by atoms with van der Waals surface area (Å²) >= 11 is 10.3. The van der Waals surface area contributed by atoms with Crippen molar-refractivity contribution in [1.29, 1.82) is 0 Å². The summed E-state index contributed by atoms with van der Waals surface area (Å²) < 4.78 is 9.50. The third-order valence-corrected chi connectivity index (χ3v) is 3.10. The molecule has 0 aliphatic rings. The maximum absolute atomic E-state index is 10.6. The zero-order valence-electron chi connectivity index (χ0n) is 11.4. The van der Waals surface area contributed by atoms with Gasteiger partial charge in [-0.3, -0.25) is 0 Å². The van der Waals surface area contributed by atoms with Crippen LogP contribution in [0.4, 0.5) is 9.59 Å². The summed E-state index contributed by atoms with van der Waals surface area (Å²) in [7, 11) is 0. The van der Waals surface area contributed by atoms with Gasteiger partial charge in [-0.1, -0.05) is 24.3 Å². The Labute approximate surface area is 137 Å². The predicted octanol–water partition coefficient (Wildman–Crippen LogP) is 4.95. The summed E-state index contributed by atoms with van der Waals surface area (Å²) in [6.45, 7) is 0. The molecule has 2 aromatic carbocycles. The molecule has 0 bridgehead atoms. The Bertz CT molecular complexity index is 591. The van der Waals surface area contributed by atoms with Crippen molar-refractivity contribution >= 4 is 34.1 Å². The lowest BCUT2D eigenvalue weighted by Gasteiger charge is -2.05. The molecule has 114 valence electrons. The van der Waals surface area contributed by atoms with Gasteiger partial charge in [-0.15, -0.1) is 0 Å². The maximum Gasteiger partial charge on any atom is 0.409 e. The molecule has 0 atom stereocenters. The molecule has 4 nitrogen and oxygen atoms in total. The molecule has 6 heteroatoms. The van der Waals surface area contributed by atoms with Gasteiger partial charge in [-0.2, -0.15) is 0 Å². The molecular formula is C16H12Cl2O4. The lowest BCUT2D eigenvalue weighted by atomic mass is 10.0. The molecule has 22 heavy (non-hydrogen) atoms. The molecular weight excluding hydrogens is 327 g/mol. The third-order valence-electron chi connectivity index (χ3n) is 2.95. The van der Waals surface area contributed by atoms with Crippen molar-refractivity contribution in [3.05, 3.63) is 59.7 Å². The number of hydrogen-bond acceptors (Lipinski definition) is 4. The van der Waals surface area contributed by atoms with E-state index in [4.69, 9.17) is 32.7 Å². The van der Waals surface area contributed by atoms with E-state index in [0.29, 0.717) is 11.5 Å². The Balaban J connectivity index is 1.89. The molecule has 0 N–H and O–H groups in total. The highest BCUT2D eigenvalue weighted by Crippen LogP contribution is 2.17. The van der Waals surface area contributed by atoms with Gasteiger partial charge in [0.2, 0.25) is 0 Å². The summed E-state index contributed by atoms with van der Waals surface area (Å²) in [5.41, 5.74) is 0.493. The highest BCUT2D eigenvalue weighted by atomic mass is 35.5. The highest BCUT2D eigenvalue weighted by Gasteiger charge is 2.02. The molecule has 0 saturated heterocycles. The van der Waals surface area contributed by atoms with Crippen molar-refractivity contribution < 1.29 is 19.1 Å². The van der Waals surface area contributed by atoms with E-state index in [1.165, 1.54) is 0 Å². The van der Waals surface area contributed by atoms with Crippen LogP contribution in [0.3, 0.4) is 0 Å². The molecule has 0 unspecified atom stereocenters. The van der Waals surface area contributed by atoms with Crippen LogP contribution < -0.4 is 9.47 Å². The van der Waals surface area contributed by atoms with Crippen molar-refractivity contribution in [2.24, 2.45) is 0 Å². The molecule has 0 heterocycles. The van der Waals surface area contributed by atoms with Crippen LogP contribution in [0, 0.1) is 0 Å². The Morgan fingerprint density at radius 3 is 1.27 bits per heavy atom. The Hall–Kier alpha value is -2.04. The first-order valence-corrected chi connectivity index (χ1v) is 7.21. The number of aryl methyl sites for hydroxylation is 2. The fraction of sp³-hybridized carbons (Fsp3) is 0.125. The molecule has 2 aromatic rings. The quantitative estimate of drug-likeness (QED) is 0.724. The summed E-state index contributed by atoms with van der Waals surface area (Å²) in [4.78, 5) is 21.2. The first-order valence-electron chi connectivity index (χ1n) is 6.45. The van der Waals surface area contributed by atoms with Gasteiger partial charge < -0.3 is 9.47 Å². The number of carbonyl (C=O) groups excluding carboxylic acids is 2. The van der Waals surface area contributed by atoms with Crippen LogP contribution in [0.25, 0.3) is 0 Å². The molecule has 0 saturated carbocycles. The summed E-state index contributed by atoms with van der Waals surface area (Å²) in [5.74, 6) is 0.826. The third kappa shape index (κ3) is 5.39. The number of benzene rings is 2. The van der Waals surface area contributed by atoms with Gasteiger partial charge in [-0.25, -0.2) is 9.59 Å². The van der Waals surface area contributed by atoms with Gasteiger partial charge in [0.15, 0.2) is 0 Å². The minimum absolute atomic E-state index is 0.413. The highest BCUT2D eigenvalue weighted by molar-refractivity contribution is 6.61. The van der Waals surface area contributed by atoms with Crippen LogP contribution in [0.15, 0.2) is 48.5 Å². The topological polar surface area (TPSA) is 52.6 Å². The molecule has 0 radical (unpaired) electrons. The molecule has 0 aromatic heterocycles. The maximum atomic E-state index is 10.6. The van der Waals surface area contributed by atoms with Crippen molar-refractivity contribution in [3.8, 4) is 11.5 Å². The average Bonchev–Trinajstić information content (AvgIpc) is 2.47. The van der Waals surface area contributed by atoms with E-state index in [2.05, 4.69) is 0 Å². The largest absolute Gasteiger partial charge is 0.415 e. The number of carbonyl (C=O) groups is 2. The number of ether oxygens (including phenoxy) is 2. The molecule has 2 rings (SSSR count). The smallest absolute Gasteiger partial charge is 0.409 e. The van der Waals surface area contributed by atoms with E-state index >= 15 is 0 Å². The second kappa shape index (κ2) is 7.82. The second-order valence-electron chi connectivity index (χ2n) is 4.47. The minimum atomic E-state index is -0.856. The number of halogens is 2. The Morgan fingerprint density at radius 2 is 1.00 bits per heavy atom. The van der Waals surface area contributed by atoms with Crippen molar-refractivity contribution in [2.75, 3.05) is 0 Å². The Morgan fingerprint density at radius 1 is 0.682 bits per heavy atom. The monoisotopic (exact) mass is 338 g/mol. The van der Waals surface area contributed by atoms with Crippen LogP contribution in [-0.2, 0) is 12.8 Å². The summed E-state index contributed by atoms with van der Waals surface area (Å²) in [5, 5.41) is 0. The van der Waals surface area contributed by atoms with Gasteiger partial charge in [0, 0.05) is 23.2 Å². The van der Waals surface area contributed by atoms with E-state index in [-0.39, 0.29) is 0 Å². The molecule has 0 spiro atoms. The fourth-order valence-corrected chi connectivity index (χ4v) is 2.10. The second-order valence-corrected chi connectivity index (χ2v) is 5.08. The van der Waals surface area contributed by atoms with Gasteiger partial charge in [0.05, 0.1) is 0 Å². The van der Waals surface area contributed by atoms with E-state index in [0.717, 1.165) is 24.0 Å². The fourth-order valence-electron chi connectivity index (χ4n) is 1.92. The first-order chi connectivity index (χ1) is 10.5. The molecule has 0 amide bonds. The zero-order valence-corrected chi connectivity index (χ0v) is 12.9. The summed E-state index contributed by atoms with van der Waals surface area (Å²) in [6, 6.07) is 14.3. The van der Waals surface area contributed by atoms with Gasteiger partial charge in [0.1, 0.15) is 11.5 Å². The van der Waals surface area contributed by atoms with Crippen molar-refractivity contribution in [2.45, 2.75) is 12.8 Å². The Kier molecular flexibility index (Phi) is 5.81. The van der Waals surface area contributed by atoms with Crippen LogP contribution in [-0.4, -0.2) is 10.9 Å². The van der Waals surface area contributed by atoms with Crippen LogP contribution in [0.1, 0.15) is 11.1 Å². The predicted molar refractivity (Wildman–Crippen MR) is 84.0 cm³/mol. The lowest BCUT2D eigenvalue weighted by Crippen LogP contribution is -1.97. The van der Waals surface area contributed by atoms with Crippen LogP contribution in [0.5, 0.6) is 11.5 Å². The van der Waals surface area contributed by atoms with E-state index in [1.54, 1.807) is 24.3 Å². The number of rotatable bonds is 5. The number of hydrogen-bond donors (Lipinski definition) is 0. The molecule has 0 aliphatic heterocycles. The van der Waals surface area contributed by atoms with E-state index in [1.807, 2.05) is 24.3 Å². The molecule has 0 fully saturated rings. The summed E-state index contributed by atoms with van der Waals surface area (Å²) in [6.07, 6.45) is 1.65. The van der Waals surface area contributed by atoms with Gasteiger partial charge in [0.25, 0.3) is 0 Å².